The van der Waals surface area contributed by atoms with E-state index in [0.717, 1.165) is 18.2 Å². The zero-order valence-corrected chi connectivity index (χ0v) is 9.38. The van der Waals surface area contributed by atoms with Gasteiger partial charge in [-0.05, 0) is 17.7 Å². The summed E-state index contributed by atoms with van der Waals surface area (Å²) in [7, 11) is 0. The molecule has 0 unspecified atom stereocenters. The molecular weight excluding hydrogens is 264 g/mol. The minimum absolute atomic E-state index is 0.103. The van der Waals surface area contributed by atoms with Gasteiger partial charge in [-0.1, -0.05) is 0 Å². The summed E-state index contributed by atoms with van der Waals surface area (Å²) in [6.07, 6.45) is 0.747. The molecule has 1 aromatic carbocycles. The van der Waals surface area contributed by atoms with Crippen molar-refractivity contribution in [2.75, 3.05) is 0 Å². The zero-order chi connectivity index (χ0) is 13.9. The lowest BCUT2D eigenvalue weighted by Gasteiger charge is -2.03. The van der Waals surface area contributed by atoms with E-state index >= 15 is 0 Å². The molecule has 1 aromatic rings. The number of allylic oxidation sites excluding steroid dienone is 2. The van der Waals surface area contributed by atoms with E-state index in [1.54, 1.807) is 6.07 Å². The molecule has 0 saturated heterocycles. The molecule has 0 atom stereocenters. The molecule has 0 aliphatic heterocycles. The van der Waals surface area contributed by atoms with Crippen molar-refractivity contribution < 1.29 is 19.9 Å². The Labute approximate surface area is 105 Å². The molecule has 0 bridgehead atoms. The van der Waals surface area contributed by atoms with Crippen LogP contribution in [0.25, 0.3) is 5.57 Å². The van der Waals surface area contributed by atoms with Crippen molar-refractivity contribution in [1.82, 2.24) is 0 Å². The Kier molecular flexibility index (Phi) is 3.86. The molecule has 7 nitrogen and oxygen atoms in total. The van der Waals surface area contributed by atoms with Crippen LogP contribution in [0.1, 0.15) is 5.56 Å². The molecule has 0 saturated carbocycles. The van der Waals surface area contributed by atoms with Crippen molar-refractivity contribution in [3.8, 4) is 17.6 Å². The molecule has 18 heavy (non-hydrogen) atoms. The molecule has 0 fully saturated rings. The Morgan fingerprint density at radius 1 is 1.50 bits per heavy atom. The first kappa shape index (κ1) is 13.5. The van der Waals surface area contributed by atoms with Gasteiger partial charge in [0.15, 0.2) is 5.75 Å². The van der Waals surface area contributed by atoms with Crippen molar-refractivity contribution >= 4 is 28.1 Å². The number of carbonyl (C=O) groups is 1. The quantitative estimate of drug-likeness (QED) is 0.214. The van der Waals surface area contributed by atoms with Crippen LogP contribution >= 0.6 is 11.6 Å². The summed E-state index contributed by atoms with van der Waals surface area (Å²) in [6.45, 7) is 0. The van der Waals surface area contributed by atoms with Crippen LogP contribution in [0.15, 0.2) is 18.2 Å². The average Bonchev–Trinajstić information content (AvgIpc) is 2.28. The number of hydrogen-bond donors (Lipinski definition) is 2. The van der Waals surface area contributed by atoms with Crippen LogP contribution in [-0.2, 0) is 4.79 Å². The van der Waals surface area contributed by atoms with E-state index in [0.29, 0.717) is 0 Å². The number of phenols is 2. The second-order valence-corrected chi connectivity index (χ2v) is 3.47. The molecule has 8 heteroatoms. The minimum atomic E-state index is -0.943. The van der Waals surface area contributed by atoms with Crippen molar-refractivity contribution in [3.05, 3.63) is 33.9 Å². The maximum Gasteiger partial charge on any atom is 0.315 e. The molecule has 0 amide bonds. The predicted molar refractivity (Wildman–Crippen MR) is 60.9 cm³/mol. The van der Waals surface area contributed by atoms with Gasteiger partial charge < -0.3 is 10.2 Å². The predicted octanol–water partition coefficient (Wildman–Crippen LogP) is 1.68. The number of hydrogen-bond acceptors (Lipinski definition) is 6. The summed E-state index contributed by atoms with van der Waals surface area (Å²) in [5.74, 6) is -1.69. The fourth-order valence-corrected chi connectivity index (χ4v) is 1.30. The van der Waals surface area contributed by atoms with Crippen LogP contribution in [0.4, 0.5) is 5.69 Å². The molecule has 1 rings (SSSR count). The largest absolute Gasteiger partial charge is 0.504 e. The number of aromatic hydroxyl groups is 2. The summed E-state index contributed by atoms with van der Waals surface area (Å²) in [5.41, 5.74) is -1.16. The van der Waals surface area contributed by atoms with Crippen LogP contribution < -0.4 is 0 Å². The van der Waals surface area contributed by atoms with E-state index in [1.165, 1.54) is 0 Å². The highest BCUT2D eigenvalue weighted by Gasteiger charge is 2.20. The van der Waals surface area contributed by atoms with Gasteiger partial charge in [-0.25, -0.2) is 0 Å². The number of nitro benzene ring substituents is 1. The fraction of sp³-hybridized carbons (Fsp3) is 0. The number of carbonyl (C=O) groups excluding carboxylic acids is 1. The van der Waals surface area contributed by atoms with E-state index in [-0.39, 0.29) is 11.1 Å². The number of nitro groups is 1. The monoisotopic (exact) mass is 268 g/mol. The third-order valence-corrected chi connectivity index (χ3v) is 2.06. The first-order valence-electron chi connectivity index (χ1n) is 4.38. The lowest BCUT2D eigenvalue weighted by Crippen LogP contribution is -1.92. The molecule has 0 radical (unpaired) electrons. The van der Waals surface area contributed by atoms with Crippen LogP contribution in [-0.4, -0.2) is 20.4 Å². The molecule has 0 spiro atoms. The number of phenolic OH excluding ortho intramolecular Hbond substituents is 2. The summed E-state index contributed by atoms with van der Waals surface area (Å²) >= 11 is 5.06. The second kappa shape index (κ2) is 5.16. The number of halogens is 1. The van der Waals surface area contributed by atoms with E-state index in [9.17, 15) is 25.1 Å². The van der Waals surface area contributed by atoms with E-state index in [1.807, 2.05) is 0 Å². The van der Waals surface area contributed by atoms with E-state index in [2.05, 4.69) is 0 Å². The highest BCUT2D eigenvalue weighted by molar-refractivity contribution is 6.67. The first-order chi connectivity index (χ1) is 8.36. The summed E-state index contributed by atoms with van der Waals surface area (Å²) in [5, 5.41) is 37.0. The van der Waals surface area contributed by atoms with Crippen LogP contribution in [0.2, 0.25) is 0 Å². The molecule has 92 valence electrons. The van der Waals surface area contributed by atoms with Crippen LogP contribution in [0.3, 0.4) is 0 Å². The smallest absolute Gasteiger partial charge is 0.315 e. The van der Waals surface area contributed by atoms with Gasteiger partial charge in [0.25, 0.3) is 0 Å². The van der Waals surface area contributed by atoms with Crippen LogP contribution in [0, 0.1) is 21.4 Å². The van der Waals surface area contributed by atoms with Gasteiger partial charge in [0, 0.05) is 17.7 Å². The van der Waals surface area contributed by atoms with Gasteiger partial charge >= 0.3 is 5.69 Å². The summed E-state index contributed by atoms with van der Waals surface area (Å²) < 4.78 is 0. The minimum Gasteiger partial charge on any atom is -0.504 e. The van der Waals surface area contributed by atoms with Gasteiger partial charge in [0.1, 0.15) is 0 Å². The number of benzene rings is 1. The average molecular weight is 269 g/mol. The highest BCUT2D eigenvalue weighted by Crippen LogP contribution is 2.37. The number of nitriles is 1. The summed E-state index contributed by atoms with van der Waals surface area (Å²) in [6, 6.07) is 3.37. The SMILES string of the molecule is N#CC(=CC(=O)Cl)c1cc(O)c(O)c([N+](=O)[O-])c1. The topological polar surface area (TPSA) is 124 Å². The van der Waals surface area contributed by atoms with Gasteiger partial charge in [-0.15, -0.1) is 0 Å². The van der Waals surface area contributed by atoms with Crippen molar-refractivity contribution in [1.29, 1.82) is 5.26 Å². The molecule has 0 heterocycles. The molecular formula is C10H5ClN2O5. The summed E-state index contributed by atoms with van der Waals surface area (Å²) in [4.78, 5) is 20.3. The normalized spacial score (nSPS) is 10.8. The third kappa shape index (κ3) is 2.75. The maximum absolute atomic E-state index is 10.6. The van der Waals surface area contributed by atoms with Crippen molar-refractivity contribution in [2.24, 2.45) is 0 Å². The van der Waals surface area contributed by atoms with Gasteiger partial charge in [-0.2, -0.15) is 5.26 Å². The Bertz CT molecular complexity index is 603. The molecule has 2 N–H and O–H groups in total. The lowest BCUT2D eigenvalue weighted by molar-refractivity contribution is -0.386. The van der Waals surface area contributed by atoms with E-state index in [4.69, 9.17) is 16.9 Å². The first-order valence-corrected chi connectivity index (χ1v) is 4.76. The van der Waals surface area contributed by atoms with Crippen LogP contribution in [0.5, 0.6) is 11.5 Å². The highest BCUT2D eigenvalue weighted by atomic mass is 35.5. The number of rotatable bonds is 3. The third-order valence-electron chi connectivity index (χ3n) is 1.96. The van der Waals surface area contributed by atoms with Crippen molar-refractivity contribution in [2.45, 2.75) is 0 Å². The molecule has 0 aromatic heterocycles. The standard InChI is InChI=1S/C10H5ClN2O5/c11-9(15)3-6(4-12)5-1-7(13(17)18)10(16)8(14)2-5/h1-3,14,16H. The second-order valence-electron chi connectivity index (χ2n) is 3.09. The Morgan fingerprint density at radius 2 is 2.11 bits per heavy atom. The van der Waals surface area contributed by atoms with Gasteiger partial charge in [0.2, 0.25) is 11.0 Å². The van der Waals surface area contributed by atoms with E-state index < -0.39 is 27.4 Å². The molecule has 0 aliphatic carbocycles. The van der Waals surface area contributed by atoms with Crippen molar-refractivity contribution in [3.63, 3.8) is 0 Å². The zero-order valence-electron chi connectivity index (χ0n) is 8.62. The fourth-order valence-electron chi connectivity index (χ4n) is 1.19. The maximum atomic E-state index is 10.6. The Morgan fingerprint density at radius 3 is 2.56 bits per heavy atom. The Hall–Kier alpha value is -2.59. The van der Waals surface area contributed by atoms with Gasteiger partial charge in [-0.3, -0.25) is 14.9 Å². The lowest BCUT2D eigenvalue weighted by atomic mass is 10.1. The number of nitrogens with zero attached hydrogens (tertiary/aromatic N) is 2. The van der Waals surface area contributed by atoms with Gasteiger partial charge in [0.05, 0.1) is 16.6 Å². The Balaban J connectivity index is 3.49. The molecule has 0 aliphatic rings.